The molecule has 6 atom stereocenters. The molecule has 3 N–H and O–H groups in total. The van der Waals surface area contributed by atoms with Crippen LogP contribution in [0.15, 0.2) is 0 Å². The second kappa shape index (κ2) is 62.6. The average molecular weight is 1350 g/mol. The zero-order valence-electron chi connectivity index (χ0n) is 60.2. The molecule has 0 spiro atoms. The molecule has 0 saturated heterocycles. The highest BCUT2D eigenvalue weighted by molar-refractivity contribution is 7.47. The van der Waals surface area contributed by atoms with Gasteiger partial charge in [0, 0.05) is 25.7 Å². The van der Waals surface area contributed by atoms with E-state index in [2.05, 4.69) is 55.4 Å². The second-order valence-electron chi connectivity index (χ2n) is 28.0. The Hall–Kier alpha value is -1.94. The van der Waals surface area contributed by atoms with Gasteiger partial charge < -0.3 is 33.8 Å². The number of unbranched alkanes of at least 4 members (excludes halogenated alkanes) is 35. The van der Waals surface area contributed by atoms with Gasteiger partial charge in [-0.05, 0) is 49.4 Å². The molecule has 0 saturated carbocycles. The Morgan fingerprint density at radius 2 is 0.522 bits per heavy atom. The van der Waals surface area contributed by atoms with Gasteiger partial charge in [0.25, 0.3) is 0 Å². The number of phosphoric acid groups is 2. The Bertz CT molecular complexity index is 1820. The Morgan fingerprint density at radius 3 is 0.772 bits per heavy atom. The van der Waals surface area contributed by atoms with Crippen LogP contribution in [0, 0.1) is 23.7 Å². The summed E-state index contributed by atoms with van der Waals surface area (Å²) in [5, 5.41) is 10.6. The summed E-state index contributed by atoms with van der Waals surface area (Å²) in [5.74, 6) is 0.844. The molecule has 0 fully saturated rings. The van der Waals surface area contributed by atoms with Crippen molar-refractivity contribution in [1.82, 2.24) is 0 Å². The molecule has 0 aromatic carbocycles. The van der Waals surface area contributed by atoms with Crippen molar-refractivity contribution in [3.63, 3.8) is 0 Å². The molecular weight excluding hydrogens is 1210 g/mol. The molecule has 17 nitrogen and oxygen atoms in total. The molecule has 0 aliphatic carbocycles. The van der Waals surface area contributed by atoms with Crippen LogP contribution in [0.2, 0.25) is 0 Å². The van der Waals surface area contributed by atoms with Crippen molar-refractivity contribution in [3.05, 3.63) is 0 Å². The van der Waals surface area contributed by atoms with Crippen LogP contribution in [0.4, 0.5) is 0 Å². The molecule has 0 aromatic heterocycles. The SMILES string of the molecule is CCC(C)CCCCCCCCCCC(=O)O[C@H](COC(=O)CCCCCCCCC(C)C)COP(=O)(O)OC[C@H](O)COP(=O)(O)OC[C@@H](COC(=O)CCCCCCCCCC(C)C)OC(=O)CCCCCCCCCCCCCCCCCCCCC(C)C. The fourth-order valence-corrected chi connectivity index (χ4v) is 12.6. The van der Waals surface area contributed by atoms with E-state index in [-0.39, 0.29) is 25.7 Å². The number of esters is 4. The summed E-state index contributed by atoms with van der Waals surface area (Å²) in [6.45, 7) is 14.1. The summed E-state index contributed by atoms with van der Waals surface area (Å²) < 4.78 is 68.3. The van der Waals surface area contributed by atoms with Gasteiger partial charge >= 0.3 is 39.5 Å². The van der Waals surface area contributed by atoms with Crippen LogP contribution in [-0.4, -0.2) is 96.7 Å². The molecule has 546 valence electrons. The first-order chi connectivity index (χ1) is 44.1. The van der Waals surface area contributed by atoms with Crippen LogP contribution < -0.4 is 0 Å². The quantitative estimate of drug-likeness (QED) is 0.0222. The van der Waals surface area contributed by atoms with Gasteiger partial charge in [-0.25, -0.2) is 9.13 Å². The molecule has 0 amide bonds. The number of aliphatic hydroxyl groups is 1. The Balaban J connectivity index is 5.17. The maximum atomic E-state index is 13.0. The van der Waals surface area contributed by atoms with Gasteiger partial charge in [-0.15, -0.1) is 0 Å². The van der Waals surface area contributed by atoms with Crippen molar-refractivity contribution in [1.29, 1.82) is 0 Å². The van der Waals surface area contributed by atoms with Crippen LogP contribution in [-0.2, 0) is 65.4 Å². The van der Waals surface area contributed by atoms with E-state index in [1.807, 2.05) is 0 Å². The first kappa shape index (κ1) is 90.1. The molecule has 0 radical (unpaired) electrons. The van der Waals surface area contributed by atoms with Gasteiger partial charge in [0.15, 0.2) is 12.2 Å². The van der Waals surface area contributed by atoms with E-state index < -0.39 is 97.5 Å². The minimum absolute atomic E-state index is 0.103. The Kier molecular flexibility index (Phi) is 61.3. The van der Waals surface area contributed by atoms with Crippen LogP contribution in [0.5, 0.6) is 0 Å². The van der Waals surface area contributed by atoms with Gasteiger partial charge in [-0.3, -0.25) is 37.3 Å². The van der Waals surface area contributed by atoms with E-state index in [0.29, 0.717) is 37.5 Å². The summed E-state index contributed by atoms with van der Waals surface area (Å²) in [6, 6.07) is 0. The number of carbonyl (C=O) groups excluding carboxylic acids is 4. The highest BCUT2D eigenvalue weighted by Crippen LogP contribution is 2.45. The first-order valence-electron chi connectivity index (χ1n) is 37.7. The van der Waals surface area contributed by atoms with Gasteiger partial charge in [0.1, 0.15) is 19.3 Å². The van der Waals surface area contributed by atoms with Crippen molar-refractivity contribution in [2.75, 3.05) is 39.6 Å². The standard InChI is InChI=1S/C73H142O17P2/c1-9-66(8)52-44-36-27-22-23-29-40-48-56-73(78)90-69(60-84-71(76)54-46-38-32-31-35-43-51-65(6)7)62-88-92(81,82)86-58-67(74)57-85-91(79,80)87-61-68(59-83-70(75)53-45-37-30-24-26-34-42-50-64(4)5)89-72(77)55-47-39-28-21-19-17-15-13-11-10-12-14-16-18-20-25-33-41-49-63(2)3/h63-69,74H,9-62H2,1-8H3,(H,79,80)(H,81,82)/t66?,67-,68-,69-/m1/s1. The monoisotopic (exact) mass is 1350 g/mol. The van der Waals surface area contributed by atoms with E-state index in [9.17, 15) is 43.2 Å². The molecule has 0 aromatic rings. The topological polar surface area (TPSA) is 237 Å². The maximum absolute atomic E-state index is 13.0. The smallest absolute Gasteiger partial charge is 0.462 e. The third-order valence-electron chi connectivity index (χ3n) is 17.2. The molecule has 92 heavy (non-hydrogen) atoms. The van der Waals surface area contributed by atoms with Gasteiger partial charge in [-0.1, -0.05) is 312 Å². The third-order valence-corrected chi connectivity index (χ3v) is 19.1. The van der Waals surface area contributed by atoms with Crippen LogP contribution >= 0.6 is 15.6 Å². The fraction of sp³-hybridized carbons (Fsp3) is 0.945. The van der Waals surface area contributed by atoms with Crippen LogP contribution in [0.3, 0.4) is 0 Å². The highest BCUT2D eigenvalue weighted by Gasteiger charge is 2.30. The number of hydrogen-bond donors (Lipinski definition) is 3. The molecule has 0 rings (SSSR count). The van der Waals surface area contributed by atoms with E-state index >= 15 is 0 Å². The number of rotatable bonds is 70. The van der Waals surface area contributed by atoms with Crippen molar-refractivity contribution in [2.45, 2.75) is 382 Å². The van der Waals surface area contributed by atoms with Crippen molar-refractivity contribution >= 4 is 39.5 Å². The Morgan fingerprint density at radius 1 is 0.304 bits per heavy atom. The second-order valence-corrected chi connectivity index (χ2v) is 30.9. The van der Waals surface area contributed by atoms with Gasteiger partial charge in [-0.2, -0.15) is 0 Å². The van der Waals surface area contributed by atoms with E-state index in [0.717, 1.165) is 115 Å². The molecular formula is C73H142O17P2. The van der Waals surface area contributed by atoms with Crippen molar-refractivity contribution < 1.29 is 80.2 Å². The van der Waals surface area contributed by atoms with E-state index in [1.54, 1.807) is 0 Å². The molecule has 19 heteroatoms. The predicted molar refractivity (Wildman–Crippen MR) is 372 cm³/mol. The predicted octanol–water partition coefficient (Wildman–Crippen LogP) is 20.9. The largest absolute Gasteiger partial charge is 0.472 e. The zero-order chi connectivity index (χ0) is 68.2. The maximum Gasteiger partial charge on any atom is 0.472 e. The number of carbonyl (C=O) groups is 4. The molecule has 0 aliphatic rings. The molecule has 3 unspecified atom stereocenters. The Labute approximate surface area is 562 Å². The molecule has 0 bridgehead atoms. The number of hydrogen-bond acceptors (Lipinski definition) is 15. The number of ether oxygens (including phenoxy) is 4. The third kappa shape index (κ3) is 65.4. The lowest BCUT2D eigenvalue weighted by atomic mass is 9.99. The average Bonchev–Trinajstić information content (AvgIpc) is 2.29. The summed E-state index contributed by atoms with van der Waals surface area (Å²) in [4.78, 5) is 72.6. The lowest BCUT2D eigenvalue weighted by Crippen LogP contribution is -2.30. The first-order valence-corrected chi connectivity index (χ1v) is 40.7. The van der Waals surface area contributed by atoms with E-state index in [4.69, 9.17) is 37.0 Å². The molecule has 0 heterocycles. The molecule has 0 aliphatic heterocycles. The highest BCUT2D eigenvalue weighted by atomic mass is 31.2. The van der Waals surface area contributed by atoms with Gasteiger partial charge in [0.05, 0.1) is 26.4 Å². The summed E-state index contributed by atoms with van der Waals surface area (Å²) in [5.41, 5.74) is 0. The lowest BCUT2D eigenvalue weighted by molar-refractivity contribution is -0.161. The summed E-state index contributed by atoms with van der Waals surface area (Å²) in [6.07, 6.45) is 46.2. The number of phosphoric ester groups is 2. The summed E-state index contributed by atoms with van der Waals surface area (Å²) in [7, 11) is -9.90. The number of aliphatic hydroxyl groups excluding tert-OH is 1. The van der Waals surface area contributed by atoms with Crippen LogP contribution in [0.1, 0.15) is 364 Å². The minimum atomic E-state index is -4.95. The fourth-order valence-electron chi connectivity index (χ4n) is 11.0. The zero-order valence-corrected chi connectivity index (χ0v) is 62.0. The lowest BCUT2D eigenvalue weighted by Gasteiger charge is -2.21. The summed E-state index contributed by atoms with van der Waals surface area (Å²) >= 11 is 0. The van der Waals surface area contributed by atoms with Crippen molar-refractivity contribution in [3.8, 4) is 0 Å². The normalized spacial score (nSPS) is 14.5. The minimum Gasteiger partial charge on any atom is -0.462 e. The van der Waals surface area contributed by atoms with Crippen molar-refractivity contribution in [2.24, 2.45) is 23.7 Å². The van der Waals surface area contributed by atoms with Gasteiger partial charge in [0.2, 0.25) is 0 Å². The van der Waals surface area contributed by atoms with Crippen LogP contribution in [0.25, 0.3) is 0 Å². The van der Waals surface area contributed by atoms with E-state index in [1.165, 1.54) is 154 Å².